The van der Waals surface area contributed by atoms with Gasteiger partial charge in [-0.05, 0) is 105 Å². The molecule has 2 fully saturated rings. The molecule has 0 bridgehead atoms. The fraction of sp³-hybridized carbons (Fsp3) is 0.929. The molecule has 0 amide bonds. The van der Waals surface area contributed by atoms with Gasteiger partial charge in [0, 0.05) is 0 Å². The third kappa shape index (κ3) is 5.34. The molecule has 2 N–H and O–H groups in total. The average molecular weight is 419 g/mol. The van der Waals surface area contributed by atoms with Crippen LogP contribution in [0.1, 0.15) is 112 Å². The minimum Gasteiger partial charge on any atom is -0.393 e. The van der Waals surface area contributed by atoms with E-state index in [1.54, 1.807) is 5.57 Å². The van der Waals surface area contributed by atoms with Crippen LogP contribution in [-0.2, 0) is 0 Å². The third-order valence-electron chi connectivity index (χ3n) is 9.62. The predicted molar refractivity (Wildman–Crippen MR) is 127 cm³/mol. The maximum absolute atomic E-state index is 10.4. The Balaban J connectivity index is 1.58. The number of unbranched alkanes of at least 4 members (excludes halogenated alkanes) is 1. The second-order valence-corrected chi connectivity index (χ2v) is 11.9. The molecule has 2 saturated carbocycles. The summed E-state index contributed by atoms with van der Waals surface area (Å²) in [6.07, 6.45) is 16.7. The Labute approximate surface area is 186 Å². The van der Waals surface area contributed by atoms with Crippen LogP contribution in [0.3, 0.4) is 0 Å². The predicted octanol–water partition coefficient (Wildman–Crippen LogP) is 7.14. The summed E-state index contributed by atoms with van der Waals surface area (Å²) in [7, 11) is 0. The van der Waals surface area contributed by atoms with E-state index in [0.29, 0.717) is 11.3 Å². The SMILES string of the molecule is CCCC[C@H](O)CC1=CC[C@@H]2[C@H](CC[C@]3(C)[C@@H]([C@H](C)CC[C@H](O)C(C)C)CC[C@@H]23)C1. The Morgan fingerprint density at radius 2 is 1.83 bits per heavy atom. The lowest BCUT2D eigenvalue weighted by Crippen LogP contribution is -2.43. The lowest BCUT2D eigenvalue weighted by molar-refractivity contribution is -0.00926. The van der Waals surface area contributed by atoms with E-state index >= 15 is 0 Å². The summed E-state index contributed by atoms with van der Waals surface area (Å²) in [6.45, 7) is 11.6. The van der Waals surface area contributed by atoms with Gasteiger partial charge in [0.1, 0.15) is 0 Å². The Hall–Kier alpha value is -0.340. The maximum Gasteiger partial charge on any atom is 0.0577 e. The van der Waals surface area contributed by atoms with Crippen molar-refractivity contribution in [3.8, 4) is 0 Å². The van der Waals surface area contributed by atoms with Crippen LogP contribution in [0.2, 0.25) is 0 Å². The normalized spacial score (nSPS) is 36.7. The lowest BCUT2D eigenvalue weighted by Gasteiger charge is -2.51. The van der Waals surface area contributed by atoms with Gasteiger partial charge in [-0.3, -0.25) is 0 Å². The van der Waals surface area contributed by atoms with E-state index in [0.717, 1.165) is 55.3 Å². The van der Waals surface area contributed by atoms with E-state index in [-0.39, 0.29) is 12.2 Å². The molecule has 3 rings (SSSR count). The number of rotatable bonds is 10. The first-order chi connectivity index (χ1) is 14.3. The molecule has 3 aliphatic rings. The summed E-state index contributed by atoms with van der Waals surface area (Å²) in [6, 6.07) is 0. The Bertz CT molecular complexity index is 567. The van der Waals surface area contributed by atoms with Crippen molar-refractivity contribution in [1.29, 1.82) is 0 Å². The molecule has 0 spiro atoms. The van der Waals surface area contributed by atoms with Crippen LogP contribution in [0, 0.1) is 40.9 Å². The van der Waals surface area contributed by atoms with Gasteiger partial charge in [-0.1, -0.05) is 59.1 Å². The summed E-state index contributed by atoms with van der Waals surface area (Å²) < 4.78 is 0. The zero-order chi connectivity index (χ0) is 21.9. The molecule has 2 heteroatoms. The van der Waals surface area contributed by atoms with E-state index < -0.39 is 0 Å². The highest BCUT2D eigenvalue weighted by atomic mass is 16.3. The summed E-state index contributed by atoms with van der Waals surface area (Å²) in [5, 5.41) is 20.7. The third-order valence-corrected chi connectivity index (χ3v) is 9.62. The molecule has 30 heavy (non-hydrogen) atoms. The van der Waals surface area contributed by atoms with Crippen LogP contribution < -0.4 is 0 Å². The molecule has 2 nitrogen and oxygen atoms in total. The molecule has 3 aliphatic carbocycles. The Morgan fingerprint density at radius 3 is 2.53 bits per heavy atom. The van der Waals surface area contributed by atoms with Crippen molar-refractivity contribution in [2.24, 2.45) is 40.9 Å². The fourth-order valence-corrected chi connectivity index (χ4v) is 7.65. The van der Waals surface area contributed by atoms with Crippen LogP contribution in [0.5, 0.6) is 0 Å². The molecule has 0 saturated heterocycles. The van der Waals surface area contributed by atoms with Crippen molar-refractivity contribution in [3.63, 3.8) is 0 Å². The first-order valence-electron chi connectivity index (χ1n) is 13.3. The van der Waals surface area contributed by atoms with Gasteiger partial charge >= 0.3 is 0 Å². The minimum absolute atomic E-state index is 0.125. The number of hydrogen-bond donors (Lipinski definition) is 2. The van der Waals surface area contributed by atoms with Crippen molar-refractivity contribution in [3.05, 3.63) is 11.6 Å². The smallest absolute Gasteiger partial charge is 0.0577 e. The summed E-state index contributed by atoms with van der Waals surface area (Å²) in [5.41, 5.74) is 2.06. The number of hydrogen-bond acceptors (Lipinski definition) is 2. The monoisotopic (exact) mass is 418 g/mol. The fourth-order valence-electron chi connectivity index (χ4n) is 7.65. The zero-order valence-electron chi connectivity index (χ0n) is 20.6. The van der Waals surface area contributed by atoms with Crippen LogP contribution in [0.25, 0.3) is 0 Å². The standard InChI is InChI=1S/C28H50O2/c1-6-7-8-23(29)18-21-10-11-24-22(17-21)15-16-28(5)25(12-13-26(24)28)20(4)9-14-27(30)19(2)3/h10,19-20,22-27,29-30H,6-9,11-18H2,1-5H3/t20-,22-,23+,24-,25-,26+,27+,28-/m1/s1. The molecule has 0 aliphatic heterocycles. The maximum atomic E-state index is 10.4. The molecule has 0 radical (unpaired) electrons. The number of allylic oxidation sites excluding steroid dienone is 1. The molecule has 0 aromatic heterocycles. The lowest BCUT2D eigenvalue weighted by atomic mass is 9.54. The topological polar surface area (TPSA) is 40.5 Å². The highest BCUT2D eigenvalue weighted by Crippen LogP contribution is 2.63. The van der Waals surface area contributed by atoms with E-state index in [9.17, 15) is 10.2 Å². The van der Waals surface area contributed by atoms with E-state index in [4.69, 9.17) is 0 Å². The first kappa shape index (κ1) is 24.3. The average Bonchev–Trinajstić information content (AvgIpc) is 3.07. The second kappa shape index (κ2) is 10.5. The Morgan fingerprint density at radius 1 is 1.07 bits per heavy atom. The molecule has 0 unspecified atom stereocenters. The van der Waals surface area contributed by atoms with Gasteiger partial charge in [-0.25, -0.2) is 0 Å². The molecule has 0 aromatic rings. The van der Waals surface area contributed by atoms with Gasteiger partial charge in [0.2, 0.25) is 0 Å². The minimum atomic E-state index is -0.136. The summed E-state index contributed by atoms with van der Waals surface area (Å²) >= 11 is 0. The molecule has 174 valence electrons. The molecular formula is C28H50O2. The van der Waals surface area contributed by atoms with Crippen LogP contribution in [0.15, 0.2) is 11.6 Å². The van der Waals surface area contributed by atoms with Gasteiger partial charge < -0.3 is 10.2 Å². The van der Waals surface area contributed by atoms with E-state index in [1.165, 1.54) is 51.4 Å². The van der Waals surface area contributed by atoms with E-state index in [1.807, 2.05) is 0 Å². The zero-order valence-corrected chi connectivity index (χ0v) is 20.6. The summed E-state index contributed by atoms with van der Waals surface area (Å²) in [5.74, 6) is 4.57. The number of fused-ring (bicyclic) bond motifs is 3. The Kier molecular flexibility index (Phi) is 8.52. The summed E-state index contributed by atoms with van der Waals surface area (Å²) in [4.78, 5) is 0. The molecular weight excluding hydrogens is 368 g/mol. The second-order valence-electron chi connectivity index (χ2n) is 11.9. The van der Waals surface area contributed by atoms with Gasteiger partial charge in [0.25, 0.3) is 0 Å². The van der Waals surface area contributed by atoms with Gasteiger partial charge in [0.05, 0.1) is 12.2 Å². The number of aliphatic hydroxyl groups excluding tert-OH is 2. The quantitative estimate of drug-likeness (QED) is 0.370. The number of aliphatic hydroxyl groups is 2. The molecule has 0 heterocycles. The van der Waals surface area contributed by atoms with Gasteiger partial charge in [-0.2, -0.15) is 0 Å². The highest BCUT2D eigenvalue weighted by Gasteiger charge is 2.54. The van der Waals surface area contributed by atoms with Crippen LogP contribution in [-0.4, -0.2) is 22.4 Å². The van der Waals surface area contributed by atoms with Crippen molar-refractivity contribution in [2.45, 2.75) is 124 Å². The van der Waals surface area contributed by atoms with E-state index in [2.05, 4.69) is 40.7 Å². The van der Waals surface area contributed by atoms with Crippen molar-refractivity contribution in [1.82, 2.24) is 0 Å². The largest absolute Gasteiger partial charge is 0.393 e. The van der Waals surface area contributed by atoms with Crippen LogP contribution in [0.4, 0.5) is 0 Å². The molecule has 0 aromatic carbocycles. The van der Waals surface area contributed by atoms with Crippen molar-refractivity contribution >= 4 is 0 Å². The van der Waals surface area contributed by atoms with Gasteiger partial charge in [0.15, 0.2) is 0 Å². The van der Waals surface area contributed by atoms with Crippen LogP contribution >= 0.6 is 0 Å². The van der Waals surface area contributed by atoms with Gasteiger partial charge in [-0.15, -0.1) is 0 Å². The van der Waals surface area contributed by atoms with Crippen molar-refractivity contribution < 1.29 is 10.2 Å². The first-order valence-corrected chi connectivity index (χ1v) is 13.3. The highest BCUT2D eigenvalue weighted by molar-refractivity contribution is 5.14. The van der Waals surface area contributed by atoms with Crippen molar-refractivity contribution in [2.75, 3.05) is 0 Å². The molecule has 8 atom stereocenters.